The summed E-state index contributed by atoms with van der Waals surface area (Å²) in [7, 11) is 0. The number of benzene rings is 2. The molecule has 9 nitrogen and oxygen atoms in total. The van der Waals surface area contributed by atoms with E-state index in [1.165, 1.54) is 42.2 Å². The molecular formula is C45H50N6O3S2. The lowest BCUT2D eigenvalue weighted by Gasteiger charge is -2.58. The van der Waals surface area contributed by atoms with Gasteiger partial charge in [-0.2, -0.15) is 5.26 Å². The van der Waals surface area contributed by atoms with E-state index in [1.54, 1.807) is 11.3 Å². The van der Waals surface area contributed by atoms with E-state index >= 15 is 0 Å². The average molecular weight is 787 g/mol. The van der Waals surface area contributed by atoms with Crippen LogP contribution in [0, 0.1) is 39.9 Å². The number of ether oxygens (including phenoxy) is 2. The normalized spacial score (nSPS) is 31.2. The molecule has 11 heteroatoms. The van der Waals surface area contributed by atoms with E-state index in [4.69, 9.17) is 31.1 Å². The summed E-state index contributed by atoms with van der Waals surface area (Å²) in [5.41, 5.74) is 19.6. The van der Waals surface area contributed by atoms with E-state index in [9.17, 15) is 10.4 Å². The van der Waals surface area contributed by atoms with Crippen LogP contribution in [0.2, 0.25) is 0 Å². The Morgan fingerprint density at radius 3 is 2.54 bits per heavy atom. The number of aliphatic hydroxyl groups is 1. The highest BCUT2D eigenvalue weighted by atomic mass is 32.2. The minimum absolute atomic E-state index is 0.0313. The van der Waals surface area contributed by atoms with Crippen LogP contribution in [0.4, 0.5) is 5.00 Å². The van der Waals surface area contributed by atoms with Gasteiger partial charge in [-0.3, -0.25) is 4.57 Å². The van der Waals surface area contributed by atoms with E-state index < -0.39 is 5.92 Å². The molecule has 0 spiro atoms. The smallest absolute Gasteiger partial charge is 0.297 e. The molecule has 1 aliphatic heterocycles. The number of nitrogens with two attached hydrogens (primary N) is 2. The Bertz CT molecular complexity index is 2270. The van der Waals surface area contributed by atoms with Gasteiger partial charge in [0.1, 0.15) is 11.6 Å². The summed E-state index contributed by atoms with van der Waals surface area (Å²) in [6, 6.07) is 22.3. The molecule has 5 N–H and O–H groups in total. The molecule has 2 aromatic carbocycles. The molecule has 4 aliphatic carbocycles. The van der Waals surface area contributed by atoms with Gasteiger partial charge in [-0.15, -0.1) is 21.5 Å². The van der Waals surface area contributed by atoms with E-state index in [1.807, 2.05) is 55.5 Å². The third-order valence-electron chi connectivity index (χ3n) is 14.1. The molecule has 3 fully saturated rings. The molecule has 290 valence electrons. The SMILES string of the molecule is CCOC1=C(Sc2nnc(-c3c([C@H]4CC[C@H]5[C@@H]6CC=C7CC(O)CC[C@]7(C)[C@H]6CC[C@]45C)csc3N)n2-c2ccccc2)C(c2ccccc2)C(C#N)=C(N)O1. The topological polar surface area (TPSA) is 145 Å². The van der Waals surface area contributed by atoms with E-state index in [0.29, 0.717) is 51.7 Å². The number of hydrogen-bond acceptors (Lipinski definition) is 10. The van der Waals surface area contributed by atoms with E-state index in [0.717, 1.165) is 53.9 Å². The average Bonchev–Trinajstić information content (AvgIpc) is 3.90. The number of thioether (sulfide) groups is 1. The van der Waals surface area contributed by atoms with Crippen molar-refractivity contribution in [2.24, 2.45) is 34.3 Å². The predicted molar refractivity (Wildman–Crippen MR) is 221 cm³/mol. The van der Waals surface area contributed by atoms with Crippen molar-refractivity contribution in [3.05, 3.63) is 111 Å². The molecule has 0 saturated heterocycles. The van der Waals surface area contributed by atoms with Crippen molar-refractivity contribution in [2.45, 2.75) is 95.2 Å². The van der Waals surface area contributed by atoms with Crippen molar-refractivity contribution in [1.29, 1.82) is 5.26 Å². The molecule has 3 saturated carbocycles. The van der Waals surface area contributed by atoms with Gasteiger partial charge < -0.3 is 26.0 Å². The van der Waals surface area contributed by atoms with Crippen LogP contribution in [-0.4, -0.2) is 32.6 Å². The lowest BCUT2D eigenvalue weighted by atomic mass is 9.47. The maximum Gasteiger partial charge on any atom is 0.297 e. The van der Waals surface area contributed by atoms with Gasteiger partial charge in [0, 0.05) is 5.69 Å². The predicted octanol–water partition coefficient (Wildman–Crippen LogP) is 9.79. The van der Waals surface area contributed by atoms with E-state index in [2.05, 4.69) is 48.1 Å². The quantitative estimate of drug-likeness (QED) is 0.149. The number of rotatable bonds is 8. The first-order chi connectivity index (χ1) is 27.2. The first kappa shape index (κ1) is 37.1. The van der Waals surface area contributed by atoms with Gasteiger partial charge in [-0.05, 0) is 133 Å². The number of nitrogen functional groups attached to an aromatic ring is 1. The molecule has 0 bridgehead atoms. The fraction of sp³-hybridized carbons (Fsp3) is 0.444. The van der Waals surface area contributed by atoms with Gasteiger partial charge in [0.2, 0.25) is 11.0 Å². The van der Waals surface area contributed by atoms with Gasteiger partial charge in [0.25, 0.3) is 5.95 Å². The number of aromatic nitrogens is 3. The number of allylic oxidation sites excluding steroid dienone is 3. The molecule has 0 amide bonds. The van der Waals surface area contributed by atoms with Crippen molar-refractivity contribution < 1.29 is 14.6 Å². The largest absolute Gasteiger partial charge is 0.465 e. The van der Waals surface area contributed by atoms with Crippen LogP contribution < -0.4 is 11.5 Å². The molecule has 5 aliphatic rings. The number of nitrogens with zero attached hydrogens (tertiary/aromatic N) is 4. The van der Waals surface area contributed by atoms with Crippen LogP contribution in [0.25, 0.3) is 17.1 Å². The third kappa shape index (κ3) is 5.90. The number of fused-ring (bicyclic) bond motifs is 5. The zero-order chi connectivity index (χ0) is 38.8. The highest BCUT2D eigenvalue weighted by Gasteiger charge is 2.59. The van der Waals surface area contributed by atoms with Crippen LogP contribution in [-0.2, 0) is 9.47 Å². The van der Waals surface area contributed by atoms with E-state index in [-0.39, 0.29) is 28.8 Å². The van der Waals surface area contributed by atoms with Gasteiger partial charge in [0.05, 0.1) is 34.1 Å². The molecule has 2 unspecified atom stereocenters. The monoisotopic (exact) mass is 786 g/mol. The Morgan fingerprint density at radius 2 is 1.79 bits per heavy atom. The second-order valence-electron chi connectivity index (χ2n) is 16.8. The van der Waals surface area contributed by atoms with Gasteiger partial charge in [-0.25, -0.2) is 0 Å². The molecule has 4 aromatic rings. The molecule has 56 heavy (non-hydrogen) atoms. The van der Waals surface area contributed by atoms with Crippen LogP contribution in [0.1, 0.15) is 95.1 Å². The lowest BCUT2D eigenvalue weighted by molar-refractivity contribution is -0.0408. The Hall–Kier alpha value is -4.50. The molecule has 2 aromatic heterocycles. The molecule has 0 radical (unpaired) electrons. The molecule has 8 atom stereocenters. The Kier molecular flexibility index (Phi) is 9.58. The number of thiophene rings is 1. The summed E-state index contributed by atoms with van der Waals surface area (Å²) in [6.07, 6.45) is 11.0. The lowest BCUT2D eigenvalue weighted by Crippen LogP contribution is -2.50. The highest BCUT2D eigenvalue weighted by molar-refractivity contribution is 8.03. The first-order valence-corrected chi connectivity index (χ1v) is 21.8. The van der Waals surface area contributed by atoms with Crippen molar-refractivity contribution in [2.75, 3.05) is 12.3 Å². The fourth-order valence-corrected chi connectivity index (χ4v) is 13.4. The first-order valence-electron chi connectivity index (χ1n) is 20.1. The van der Waals surface area contributed by atoms with Crippen LogP contribution >= 0.6 is 23.1 Å². The summed E-state index contributed by atoms with van der Waals surface area (Å²) in [5.74, 6) is 2.76. The van der Waals surface area contributed by atoms with Crippen molar-refractivity contribution in [3.8, 4) is 23.1 Å². The minimum Gasteiger partial charge on any atom is -0.465 e. The second kappa shape index (κ2) is 14.5. The minimum atomic E-state index is -0.523. The molecule has 3 heterocycles. The maximum absolute atomic E-state index is 10.5. The summed E-state index contributed by atoms with van der Waals surface area (Å²) >= 11 is 2.97. The summed E-state index contributed by atoms with van der Waals surface area (Å²) in [6.45, 7) is 7.30. The third-order valence-corrected chi connectivity index (χ3v) is 16.0. The second-order valence-corrected chi connectivity index (χ2v) is 18.7. The maximum atomic E-state index is 10.5. The zero-order valence-corrected chi connectivity index (χ0v) is 33.9. The number of anilines is 1. The zero-order valence-electron chi connectivity index (χ0n) is 32.3. The summed E-state index contributed by atoms with van der Waals surface area (Å²) < 4.78 is 14.2. The Labute approximate surface area is 337 Å². The number of nitriles is 1. The number of aliphatic hydroxyl groups excluding tert-OH is 1. The summed E-state index contributed by atoms with van der Waals surface area (Å²) in [4.78, 5) is 0.673. The Balaban J connectivity index is 1.12. The van der Waals surface area contributed by atoms with Gasteiger partial charge in [0.15, 0.2) is 5.82 Å². The van der Waals surface area contributed by atoms with Crippen LogP contribution in [0.5, 0.6) is 0 Å². The van der Waals surface area contributed by atoms with Crippen LogP contribution in [0.15, 0.2) is 105 Å². The summed E-state index contributed by atoms with van der Waals surface area (Å²) in [5, 5.41) is 34.4. The molecule has 9 rings (SSSR count). The van der Waals surface area contributed by atoms with Crippen molar-refractivity contribution in [3.63, 3.8) is 0 Å². The van der Waals surface area contributed by atoms with Crippen molar-refractivity contribution >= 4 is 28.1 Å². The molecular weight excluding hydrogens is 737 g/mol. The van der Waals surface area contributed by atoms with Crippen LogP contribution in [0.3, 0.4) is 0 Å². The van der Waals surface area contributed by atoms with Gasteiger partial charge in [-0.1, -0.05) is 74.0 Å². The highest BCUT2D eigenvalue weighted by Crippen LogP contribution is 2.69. The Morgan fingerprint density at radius 1 is 1.02 bits per heavy atom. The number of para-hydroxylation sites is 1. The van der Waals surface area contributed by atoms with Crippen molar-refractivity contribution in [1.82, 2.24) is 14.8 Å². The fourth-order valence-electron chi connectivity index (χ4n) is 11.5. The standard InChI is InChI=1S/C45H50N6O3S2/c1-4-53-42-38(36(26-11-7-5-8-12-26)31(24-46)39(47)54-42)56-43-50-49-41(51(43)28-13-9-6-10-14-28)37-32(25-55-40(37)48)34-18-17-33-30-16-15-27-23-29(52)19-21-44(27,2)35(30)20-22-45(33,34)3/h5-15,25,29-30,33-36,52H,4,16-23,47-48H2,1-3H3/t29?,30-,33-,34+,35-,36?,44-,45-/m0/s1. The number of hydrogen-bond donors (Lipinski definition) is 3. The van der Waals surface area contributed by atoms with Gasteiger partial charge >= 0.3 is 0 Å².